The molecule has 0 saturated carbocycles. The van der Waals surface area contributed by atoms with Crippen LogP contribution in [0, 0.1) is 0 Å². The molecule has 23 nitrogen and oxygen atoms in total. The van der Waals surface area contributed by atoms with E-state index in [4.69, 9.17) is 28.4 Å². The molecule has 564 valence electrons. The maximum Gasteiger partial charge on any atom is 0.364 e. The molecule has 23 heteroatoms. The normalized spacial score (nSPS) is 27.6. The van der Waals surface area contributed by atoms with Gasteiger partial charge in [-0.2, -0.15) is 0 Å². The largest absolute Gasteiger partial charge is 0.477 e. The zero-order chi connectivity index (χ0) is 70.4. The summed E-state index contributed by atoms with van der Waals surface area (Å²) in [5.41, 5.74) is 0. The molecule has 96 heavy (non-hydrogen) atoms. The Kier molecular flexibility index (Phi) is 48.7. The number of carboxylic acids is 1. The summed E-state index contributed by atoms with van der Waals surface area (Å²) < 4.78 is 34.9. The third kappa shape index (κ3) is 34.4. The molecule has 3 heterocycles. The zero-order valence-electron chi connectivity index (χ0n) is 59.2. The first-order chi connectivity index (χ1) is 46.4. The van der Waals surface area contributed by atoms with Crippen LogP contribution in [0.4, 0.5) is 0 Å². The number of nitrogens with one attached hydrogen (secondary N) is 2. The van der Waals surface area contributed by atoms with Gasteiger partial charge < -0.3 is 100 Å². The van der Waals surface area contributed by atoms with Crippen LogP contribution in [0.1, 0.15) is 297 Å². The van der Waals surface area contributed by atoms with E-state index in [0.29, 0.717) is 19.3 Å². The maximum absolute atomic E-state index is 13.5. The predicted molar refractivity (Wildman–Crippen MR) is 366 cm³/mol. The molecule has 0 radical (unpaired) electrons. The Hall–Kier alpha value is -2.53. The number of amides is 2. The summed E-state index contributed by atoms with van der Waals surface area (Å²) in [7, 11) is 0. The molecule has 0 aliphatic carbocycles. The molecule has 0 spiro atoms. The van der Waals surface area contributed by atoms with Crippen molar-refractivity contribution in [3.63, 3.8) is 0 Å². The van der Waals surface area contributed by atoms with Crippen molar-refractivity contribution in [2.24, 2.45) is 0 Å². The lowest BCUT2D eigenvalue weighted by molar-refractivity contribution is -0.386. The van der Waals surface area contributed by atoms with Gasteiger partial charge in [-0.3, -0.25) is 9.59 Å². The van der Waals surface area contributed by atoms with Gasteiger partial charge in [0, 0.05) is 19.8 Å². The van der Waals surface area contributed by atoms with Crippen LogP contribution in [-0.2, 0) is 42.8 Å². The first kappa shape index (κ1) is 87.7. The molecular weight excluding hydrogens is 1240 g/mol. The summed E-state index contributed by atoms with van der Waals surface area (Å²) >= 11 is 0. The summed E-state index contributed by atoms with van der Waals surface area (Å²) in [6, 6.07) is -2.53. The minimum absolute atomic E-state index is 0.225. The van der Waals surface area contributed by atoms with E-state index in [9.17, 15) is 75.7 Å². The molecule has 14 N–H and O–H groups in total. The highest BCUT2D eigenvalue weighted by Gasteiger charge is 2.60. The average Bonchev–Trinajstić information content (AvgIpc) is 0.759. The molecule has 18 atom stereocenters. The van der Waals surface area contributed by atoms with Crippen molar-refractivity contribution in [1.29, 1.82) is 0 Å². The minimum Gasteiger partial charge on any atom is -0.477 e. The van der Waals surface area contributed by atoms with Gasteiger partial charge in [0.05, 0.1) is 50.7 Å². The molecule has 3 aliphatic heterocycles. The lowest BCUT2D eigenvalue weighted by Gasteiger charge is -2.50. The van der Waals surface area contributed by atoms with Crippen molar-refractivity contribution in [1.82, 2.24) is 10.6 Å². The van der Waals surface area contributed by atoms with Gasteiger partial charge >= 0.3 is 5.97 Å². The number of hydrogen-bond donors (Lipinski definition) is 14. The number of unbranched alkanes of at least 4 members (excludes halogenated alkanes) is 37. The number of carboxylic acid groups (broad SMARTS) is 1. The van der Waals surface area contributed by atoms with Crippen LogP contribution in [0.15, 0.2) is 12.2 Å². The summed E-state index contributed by atoms with van der Waals surface area (Å²) in [4.78, 5) is 38.6. The SMILES string of the molecule is CCCCCCCCCCCCCC/C=C\CCCCCCCCCCCCCC(=O)NC(COC1OC(CO)C(OC2OC(CO)C(O)C(OC3(C(=O)O)CC(O)C(NC(C)=O)C(C(O)C(O)CO)O3)C2O)C(O)C1O)C(O)CCCCCCCCCCCCCCCCC. The van der Waals surface area contributed by atoms with Gasteiger partial charge in [-0.1, -0.05) is 251 Å². The van der Waals surface area contributed by atoms with Crippen LogP contribution in [0.2, 0.25) is 0 Å². The maximum atomic E-state index is 13.5. The number of carbonyl (C=O) groups excluding carboxylic acids is 2. The second-order valence-electron chi connectivity index (χ2n) is 27.9. The molecular formula is C73H136N2O21. The summed E-state index contributed by atoms with van der Waals surface area (Å²) in [5, 5.41) is 136. The Balaban J connectivity index is 1.52. The minimum atomic E-state index is -3.08. The molecule has 0 aromatic rings. The van der Waals surface area contributed by atoms with Crippen molar-refractivity contribution in [2.45, 2.75) is 407 Å². The van der Waals surface area contributed by atoms with Gasteiger partial charge in [0.25, 0.3) is 5.79 Å². The number of aliphatic hydroxyl groups excluding tert-OH is 11. The molecule has 3 rings (SSSR count). The number of aliphatic hydroxyl groups is 11. The van der Waals surface area contributed by atoms with Crippen LogP contribution in [0.25, 0.3) is 0 Å². The van der Waals surface area contributed by atoms with Gasteiger partial charge in [-0.05, 0) is 38.5 Å². The van der Waals surface area contributed by atoms with Crippen LogP contribution in [0.3, 0.4) is 0 Å². The highest BCUT2D eigenvalue weighted by molar-refractivity contribution is 5.77. The number of allylic oxidation sites excluding steroid dienone is 2. The van der Waals surface area contributed by atoms with Crippen molar-refractivity contribution in [3.05, 3.63) is 12.2 Å². The van der Waals surface area contributed by atoms with E-state index in [1.807, 2.05) is 0 Å². The molecule has 0 bridgehead atoms. The third-order valence-electron chi connectivity index (χ3n) is 19.5. The van der Waals surface area contributed by atoms with Crippen LogP contribution < -0.4 is 10.6 Å². The predicted octanol–water partition coefficient (Wildman–Crippen LogP) is 8.63. The fourth-order valence-electron chi connectivity index (χ4n) is 13.4. The Morgan fingerprint density at radius 3 is 1.41 bits per heavy atom. The van der Waals surface area contributed by atoms with Crippen LogP contribution in [0.5, 0.6) is 0 Å². The standard InChI is InChI=1S/C73H136N2O21/c1-4-6-8-10-12-14-16-18-20-21-22-23-24-25-26-27-28-29-30-31-33-35-37-39-41-43-45-47-60(83)75-54(55(80)46-44-42-40-38-36-34-32-19-17-15-13-11-9-7-5-2)52-91-70-65(87)64(86)67(59(51-78)93-70)94-71-66(88)69(63(85)58(50-77)92-71)96-73(72(89)90)48-56(81)61(74-53(3)79)68(95-73)62(84)57(82)49-76/h25-26,54-59,61-71,76-78,80-82,84-88H,4-24,27-52H2,1-3H3,(H,74,79)(H,75,83)(H,89,90)/b26-25-. The van der Waals surface area contributed by atoms with Crippen molar-refractivity contribution in [3.8, 4) is 0 Å². The molecule has 3 aliphatic rings. The number of carbonyl (C=O) groups is 3. The second kappa shape index (κ2) is 53.3. The topological polar surface area (TPSA) is 373 Å². The lowest BCUT2D eigenvalue weighted by Crippen LogP contribution is -2.70. The van der Waals surface area contributed by atoms with E-state index in [1.54, 1.807) is 0 Å². The van der Waals surface area contributed by atoms with Crippen molar-refractivity contribution in [2.75, 3.05) is 26.4 Å². The molecule has 2 amide bonds. The Morgan fingerprint density at radius 2 is 0.969 bits per heavy atom. The highest BCUT2D eigenvalue weighted by atomic mass is 16.8. The first-order valence-corrected chi connectivity index (χ1v) is 38.0. The van der Waals surface area contributed by atoms with E-state index in [0.717, 1.165) is 58.3 Å². The number of rotatable bonds is 59. The van der Waals surface area contributed by atoms with E-state index in [-0.39, 0.29) is 18.9 Å². The molecule has 0 aromatic heterocycles. The van der Waals surface area contributed by atoms with E-state index in [2.05, 4.69) is 36.6 Å². The van der Waals surface area contributed by atoms with Gasteiger partial charge in [-0.25, -0.2) is 4.79 Å². The quantitative estimate of drug-likeness (QED) is 0.0200. The molecule has 3 fully saturated rings. The lowest BCUT2D eigenvalue weighted by atomic mass is 9.88. The smallest absolute Gasteiger partial charge is 0.364 e. The molecule has 18 unspecified atom stereocenters. The fourth-order valence-corrected chi connectivity index (χ4v) is 13.4. The molecule has 3 saturated heterocycles. The van der Waals surface area contributed by atoms with Crippen LogP contribution in [-0.4, -0.2) is 215 Å². The average molecular weight is 1380 g/mol. The van der Waals surface area contributed by atoms with Crippen LogP contribution >= 0.6 is 0 Å². The van der Waals surface area contributed by atoms with E-state index < -0.39 is 148 Å². The van der Waals surface area contributed by atoms with Gasteiger partial charge in [-0.15, -0.1) is 0 Å². The first-order valence-electron chi connectivity index (χ1n) is 38.0. The van der Waals surface area contributed by atoms with Gasteiger partial charge in [0.2, 0.25) is 11.8 Å². The fraction of sp³-hybridized carbons (Fsp3) is 0.932. The second-order valence-corrected chi connectivity index (χ2v) is 27.9. The summed E-state index contributed by atoms with van der Waals surface area (Å²) in [6.07, 6.45) is 25.0. The number of ether oxygens (including phenoxy) is 6. The third-order valence-corrected chi connectivity index (χ3v) is 19.5. The summed E-state index contributed by atoms with van der Waals surface area (Å²) in [6.45, 7) is 2.23. The van der Waals surface area contributed by atoms with Gasteiger partial charge in [0.1, 0.15) is 67.1 Å². The zero-order valence-corrected chi connectivity index (χ0v) is 59.2. The van der Waals surface area contributed by atoms with Crippen molar-refractivity contribution < 1.29 is 104 Å². The van der Waals surface area contributed by atoms with E-state index >= 15 is 0 Å². The number of aliphatic carboxylic acids is 1. The van der Waals surface area contributed by atoms with E-state index in [1.165, 1.54) is 193 Å². The Morgan fingerprint density at radius 1 is 0.531 bits per heavy atom. The number of hydrogen-bond acceptors (Lipinski definition) is 20. The Labute approximate surface area is 575 Å². The van der Waals surface area contributed by atoms with Crippen molar-refractivity contribution >= 4 is 17.8 Å². The Bertz CT molecular complexity index is 1980. The highest BCUT2D eigenvalue weighted by Crippen LogP contribution is 2.39. The van der Waals surface area contributed by atoms with Gasteiger partial charge in [0.15, 0.2) is 12.6 Å². The monoisotopic (exact) mass is 1380 g/mol. The summed E-state index contributed by atoms with van der Waals surface area (Å²) in [5.74, 6) is -6.10. The molecule has 0 aromatic carbocycles.